The molecule has 1 atom stereocenters. The largest absolute Gasteiger partial charge is 0.310 e. The summed E-state index contributed by atoms with van der Waals surface area (Å²) >= 11 is 7.66. The molecular weight excluding hydrogens is 276 g/mol. The van der Waals surface area contributed by atoms with Crippen molar-refractivity contribution in [2.24, 2.45) is 0 Å². The molecular formula is C15H19ClN2S. The standard InChI is InChI=1S/C15H19ClN2S/c1-4-17-14(9-12-6-8-15(16)19-12)13-7-5-10(2)18-11(13)3/h5-8,14,17H,4,9H2,1-3H3. The van der Waals surface area contributed by atoms with Crippen molar-refractivity contribution in [2.75, 3.05) is 6.54 Å². The average molecular weight is 295 g/mol. The fourth-order valence-corrected chi connectivity index (χ4v) is 3.40. The highest BCUT2D eigenvalue weighted by Crippen LogP contribution is 2.27. The first-order valence-corrected chi connectivity index (χ1v) is 7.71. The molecule has 2 rings (SSSR count). The topological polar surface area (TPSA) is 24.9 Å². The van der Waals surface area contributed by atoms with Gasteiger partial charge < -0.3 is 5.32 Å². The molecule has 2 aromatic rings. The van der Waals surface area contributed by atoms with E-state index in [1.165, 1.54) is 10.4 Å². The number of aryl methyl sites for hydroxylation is 2. The summed E-state index contributed by atoms with van der Waals surface area (Å²) in [6.07, 6.45) is 0.955. The summed E-state index contributed by atoms with van der Waals surface area (Å²) < 4.78 is 0.851. The number of likely N-dealkylation sites (N-methyl/N-ethyl adjacent to an activating group) is 1. The Bertz CT molecular complexity index is 551. The van der Waals surface area contributed by atoms with Crippen molar-refractivity contribution in [2.45, 2.75) is 33.2 Å². The summed E-state index contributed by atoms with van der Waals surface area (Å²) in [6.45, 7) is 7.18. The van der Waals surface area contributed by atoms with Crippen LogP contribution < -0.4 is 5.32 Å². The molecule has 2 aromatic heterocycles. The van der Waals surface area contributed by atoms with E-state index in [-0.39, 0.29) is 0 Å². The van der Waals surface area contributed by atoms with E-state index in [0.717, 1.165) is 28.7 Å². The summed E-state index contributed by atoms with van der Waals surface area (Å²) in [6, 6.07) is 8.63. The smallest absolute Gasteiger partial charge is 0.0931 e. The van der Waals surface area contributed by atoms with Crippen LogP contribution in [-0.4, -0.2) is 11.5 Å². The van der Waals surface area contributed by atoms with Crippen LogP contribution in [0.15, 0.2) is 24.3 Å². The van der Waals surface area contributed by atoms with Crippen LogP contribution in [0.1, 0.15) is 34.8 Å². The lowest BCUT2D eigenvalue weighted by molar-refractivity contribution is 0.548. The van der Waals surface area contributed by atoms with Crippen molar-refractivity contribution in [1.29, 1.82) is 0 Å². The minimum Gasteiger partial charge on any atom is -0.310 e. The van der Waals surface area contributed by atoms with E-state index < -0.39 is 0 Å². The van der Waals surface area contributed by atoms with Crippen molar-refractivity contribution >= 4 is 22.9 Å². The average Bonchev–Trinajstić information content (AvgIpc) is 2.74. The van der Waals surface area contributed by atoms with Gasteiger partial charge in [-0.25, -0.2) is 0 Å². The maximum absolute atomic E-state index is 6.00. The summed E-state index contributed by atoms with van der Waals surface area (Å²) in [5.41, 5.74) is 3.45. The van der Waals surface area contributed by atoms with E-state index in [4.69, 9.17) is 11.6 Å². The Kier molecular flexibility index (Phi) is 4.97. The molecule has 0 amide bonds. The molecule has 0 saturated heterocycles. The van der Waals surface area contributed by atoms with E-state index in [0.29, 0.717) is 6.04 Å². The molecule has 0 radical (unpaired) electrons. The number of halogens is 1. The van der Waals surface area contributed by atoms with Gasteiger partial charge in [-0.15, -0.1) is 11.3 Å². The molecule has 0 aliphatic heterocycles. The first kappa shape index (κ1) is 14.5. The Morgan fingerprint density at radius 2 is 2.05 bits per heavy atom. The van der Waals surface area contributed by atoms with Crippen molar-refractivity contribution in [3.63, 3.8) is 0 Å². The van der Waals surface area contributed by atoms with Gasteiger partial charge in [0.2, 0.25) is 0 Å². The van der Waals surface area contributed by atoms with Gasteiger partial charge in [0.1, 0.15) is 0 Å². The molecule has 0 bridgehead atoms. The lowest BCUT2D eigenvalue weighted by Crippen LogP contribution is -2.23. The number of aromatic nitrogens is 1. The van der Waals surface area contributed by atoms with Gasteiger partial charge in [0.05, 0.1) is 4.34 Å². The van der Waals surface area contributed by atoms with Gasteiger partial charge in [-0.3, -0.25) is 4.98 Å². The maximum Gasteiger partial charge on any atom is 0.0931 e. The number of hydrogen-bond acceptors (Lipinski definition) is 3. The first-order valence-electron chi connectivity index (χ1n) is 6.52. The lowest BCUT2D eigenvalue weighted by atomic mass is 10.0. The van der Waals surface area contributed by atoms with Gasteiger partial charge in [0.25, 0.3) is 0 Å². The van der Waals surface area contributed by atoms with Gasteiger partial charge in [-0.05, 0) is 44.2 Å². The van der Waals surface area contributed by atoms with E-state index >= 15 is 0 Å². The highest BCUT2D eigenvalue weighted by Gasteiger charge is 2.15. The molecule has 1 N–H and O–H groups in total. The molecule has 0 aromatic carbocycles. The van der Waals surface area contributed by atoms with Crippen LogP contribution in [-0.2, 0) is 6.42 Å². The Morgan fingerprint density at radius 3 is 2.63 bits per heavy atom. The summed E-state index contributed by atoms with van der Waals surface area (Å²) in [7, 11) is 0. The van der Waals surface area contributed by atoms with Crippen LogP contribution >= 0.6 is 22.9 Å². The van der Waals surface area contributed by atoms with E-state index in [2.05, 4.69) is 42.3 Å². The molecule has 0 fully saturated rings. The van der Waals surface area contributed by atoms with E-state index in [1.807, 2.05) is 13.0 Å². The zero-order valence-corrected chi connectivity index (χ0v) is 13.1. The van der Waals surface area contributed by atoms with Crippen molar-refractivity contribution < 1.29 is 0 Å². The van der Waals surface area contributed by atoms with Crippen molar-refractivity contribution in [3.05, 3.63) is 50.4 Å². The number of thiophene rings is 1. The van der Waals surface area contributed by atoms with Crippen molar-refractivity contribution in [3.8, 4) is 0 Å². The molecule has 102 valence electrons. The number of hydrogen-bond donors (Lipinski definition) is 1. The van der Waals surface area contributed by atoms with Gasteiger partial charge >= 0.3 is 0 Å². The molecule has 2 nitrogen and oxygen atoms in total. The van der Waals surface area contributed by atoms with Crippen LogP contribution in [0.3, 0.4) is 0 Å². The number of nitrogens with zero attached hydrogens (tertiary/aromatic N) is 1. The van der Waals surface area contributed by atoms with Crippen LogP contribution in [0.4, 0.5) is 0 Å². The SMILES string of the molecule is CCNC(Cc1ccc(Cl)s1)c1ccc(C)nc1C. The quantitative estimate of drug-likeness (QED) is 0.889. The molecule has 19 heavy (non-hydrogen) atoms. The van der Waals surface area contributed by atoms with Gasteiger partial charge in [0.15, 0.2) is 0 Å². The van der Waals surface area contributed by atoms with Crippen LogP contribution in [0, 0.1) is 13.8 Å². The second kappa shape index (κ2) is 6.51. The number of pyridine rings is 1. The number of nitrogens with one attached hydrogen (secondary N) is 1. The second-order valence-corrected chi connectivity index (χ2v) is 6.45. The third-order valence-corrected chi connectivity index (χ3v) is 4.38. The summed E-state index contributed by atoms with van der Waals surface area (Å²) in [5.74, 6) is 0. The predicted octanol–water partition coefficient (Wildman–Crippen LogP) is 4.31. The van der Waals surface area contributed by atoms with Crippen LogP contribution in [0.2, 0.25) is 4.34 Å². The third-order valence-electron chi connectivity index (χ3n) is 3.13. The molecule has 0 saturated carbocycles. The zero-order valence-electron chi connectivity index (χ0n) is 11.5. The van der Waals surface area contributed by atoms with Crippen LogP contribution in [0.5, 0.6) is 0 Å². The minimum absolute atomic E-state index is 0.299. The highest BCUT2D eigenvalue weighted by atomic mass is 35.5. The number of rotatable bonds is 5. The molecule has 1 unspecified atom stereocenters. The van der Waals surface area contributed by atoms with Crippen LogP contribution in [0.25, 0.3) is 0 Å². The fraction of sp³-hybridized carbons (Fsp3) is 0.400. The van der Waals surface area contributed by atoms with E-state index in [1.54, 1.807) is 11.3 Å². The van der Waals surface area contributed by atoms with Crippen molar-refractivity contribution in [1.82, 2.24) is 10.3 Å². The van der Waals surface area contributed by atoms with Gasteiger partial charge in [-0.2, -0.15) is 0 Å². The molecule has 2 heterocycles. The Balaban J connectivity index is 2.23. The fourth-order valence-electron chi connectivity index (χ4n) is 2.27. The first-order chi connectivity index (χ1) is 9.10. The molecule has 0 aliphatic carbocycles. The maximum atomic E-state index is 6.00. The monoisotopic (exact) mass is 294 g/mol. The Hall–Kier alpha value is -0.900. The van der Waals surface area contributed by atoms with Gasteiger partial charge in [0, 0.05) is 28.7 Å². The molecule has 4 heteroatoms. The third kappa shape index (κ3) is 3.78. The lowest BCUT2D eigenvalue weighted by Gasteiger charge is -2.19. The normalized spacial score (nSPS) is 12.6. The summed E-state index contributed by atoms with van der Waals surface area (Å²) in [5, 5.41) is 3.54. The molecule has 0 spiro atoms. The summed E-state index contributed by atoms with van der Waals surface area (Å²) in [4.78, 5) is 5.86. The zero-order chi connectivity index (χ0) is 13.8. The predicted molar refractivity (Wildman–Crippen MR) is 83.2 cm³/mol. The minimum atomic E-state index is 0.299. The highest BCUT2D eigenvalue weighted by molar-refractivity contribution is 7.16. The Morgan fingerprint density at radius 1 is 1.26 bits per heavy atom. The second-order valence-electron chi connectivity index (χ2n) is 4.65. The molecule has 0 aliphatic rings. The van der Waals surface area contributed by atoms with E-state index in [9.17, 15) is 0 Å². The van der Waals surface area contributed by atoms with Gasteiger partial charge in [-0.1, -0.05) is 24.6 Å². The Labute approximate surface area is 123 Å².